The van der Waals surface area contributed by atoms with E-state index in [2.05, 4.69) is 34.4 Å². The molecule has 0 aliphatic carbocycles. The Hall–Kier alpha value is -2.30. The second-order valence-electron chi connectivity index (χ2n) is 5.83. The van der Waals surface area contributed by atoms with Gasteiger partial charge in [-0.3, -0.25) is 0 Å². The average Bonchev–Trinajstić information content (AvgIpc) is 2.39. The van der Waals surface area contributed by atoms with Crippen molar-refractivity contribution in [2.24, 2.45) is 0 Å². The number of hydrogen-bond acceptors (Lipinski definition) is 5. The summed E-state index contributed by atoms with van der Waals surface area (Å²) in [6, 6.07) is 10.1. The highest BCUT2D eigenvalue weighted by Gasteiger charge is 2.04. The van der Waals surface area contributed by atoms with Gasteiger partial charge in [-0.2, -0.15) is 4.98 Å². The lowest BCUT2D eigenvalue weighted by molar-refractivity contribution is 0.242. The number of rotatable bonds is 6. The third-order valence-electron chi connectivity index (χ3n) is 2.77. The largest absolute Gasteiger partial charge is 0.491 e. The number of nitrogens with zero attached hydrogens (tertiary/aromatic N) is 2. The van der Waals surface area contributed by atoms with Crippen LogP contribution in [0.15, 0.2) is 30.3 Å². The lowest BCUT2D eigenvalue weighted by atomic mass is 10.3. The number of aromatic nitrogens is 2. The van der Waals surface area contributed by atoms with Crippen molar-refractivity contribution in [2.75, 3.05) is 10.6 Å². The van der Waals surface area contributed by atoms with E-state index in [4.69, 9.17) is 4.74 Å². The minimum Gasteiger partial charge on any atom is -0.491 e. The Morgan fingerprint density at radius 1 is 1.00 bits per heavy atom. The second-order valence-corrected chi connectivity index (χ2v) is 5.83. The quantitative estimate of drug-likeness (QED) is 0.839. The molecule has 0 bridgehead atoms. The predicted molar refractivity (Wildman–Crippen MR) is 91.0 cm³/mol. The fourth-order valence-corrected chi connectivity index (χ4v) is 2.01. The summed E-state index contributed by atoms with van der Waals surface area (Å²) in [5.74, 6) is 2.26. The van der Waals surface area contributed by atoms with Crippen LogP contribution in [0.3, 0.4) is 0 Å². The van der Waals surface area contributed by atoms with Crippen LogP contribution in [0.25, 0.3) is 0 Å². The molecule has 0 atom stereocenters. The van der Waals surface area contributed by atoms with E-state index in [1.807, 2.05) is 51.1 Å². The minimum atomic E-state index is 0.170. The van der Waals surface area contributed by atoms with Gasteiger partial charge in [0.2, 0.25) is 5.95 Å². The maximum atomic E-state index is 5.63. The first-order valence-electron chi connectivity index (χ1n) is 7.58. The molecular weight excluding hydrogens is 276 g/mol. The molecule has 22 heavy (non-hydrogen) atoms. The molecule has 1 heterocycles. The third kappa shape index (κ3) is 4.91. The molecule has 0 amide bonds. The van der Waals surface area contributed by atoms with Crippen LogP contribution >= 0.6 is 0 Å². The summed E-state index contributed by atoms with van der Waals surface area (Å²) in [5, 5.41) is 6.51. The van der Waals surface area contributed by atoms with Gasteiger partial charge >= 0.3 is 0 Å². The van der Waals surface area contributed by atoms with Gasteiger partial charge in [0.1, 0.15) is 11.6 Å². The third-order valence-corrected chi connectivity index (χ3v) is 2.77. The summed E-state index contributed by atoms with van der Waals surface area (Å²) < 4.78 is 5.63. The van der Waals surface area contributed by atoms with Gasteiger partial charge in [0.05, 0.1) is 6.10 Å². The zero-order chi connectivity index (χ0) is 16.1. The smallest absolute Gasteiger partial charge is 0.229 e. The van der Waals surface area contributed by atoms with E-state index in [0.29, 0.717) is 12.0 Å². The zero-order valence-electron chi connectivity index (χ0n) is 13.8. The molecule has 2 aromatic rings. The monoisotopic (exact) mass is 300 g/mol. The molecule has 0 saturated heterocycles. The van der Waals surface area contributed by atoms with Crippen molar-refractivity contribution in [2.45, 2.75) is 46.8 Å². The molecule has 0 fully saturated rings. The van der Waals surface area contributed by atoms with E-state index in [9.17, 15) is 0 Å². The lowest BCUT2D eigenvalue weighted by Crippen LogP contribution is -2.12. The van der Waals surface area contributed by atoms with Crippen LogP contribution in [-0.2, 0) is 0 Å². The van der Waals surface area contributed by atoms with Gasteiger partial charge in [0.25, 0.3) is 0 Å². The highest BCUT2D eigenvalue weighted by atomic mass is 16.5. The standard InChI is InChI=1S/C17H24N4O/c1-11(2)18-16-10-13(5)19-17(21-16)20-14-6-8-15(9-7-14)22-12(3)4/h6-12H,1-5H3,(H2,18,19,20,21). The molecule has 2 N–H and O–H groups in total. The molecular formula is C17H24N4O. The maximum absolute atomic E-state index is 5.63. The summed E-state index contributed by atoms with van der Waals surface area (Å²) in [4.78, 5) is 8.89. The molecule has 0 radical (unpaired) electrons. The Labute approximate surface area is 132 Å². The van der Waals surface area contributed by atoms with Crippen molar-refractivity contribution in [3.63, 3.8) is 0 Å². The van der Waals surface area contributed by atoms with Crippen molar-refractivity contribution in [3.8, 4) is 5.75 Å². The molecule has 0 aliphatic heterocycles. The Morgan fingerprint density at radius 3 is 2.27 bits per heavy atom. The molecule has 118 valence electrons. The van der Waals surface area contributed by atoms with Gasteiger partial charge in [-0.25, -0.2) is 4.98 Å². The van der Waals surface area contributed by atoms with Crippen LogP contribution in [0.5, 0.6) is 5.75 Å². The summed E-state index contributed by atoms with van der Waals surface area (Å²) >= 11 is 0. The Balaban J connectivity index is 2.11. The van der Waals surface area contributed by atoms with Crippen molar-refractivity contribution < 1.29 is 4.74 Å². The molecule has 0 saturated carbocycles. The number of hydrogen-bond donors (Lipinski definition) is 2. The Bertz CT molecular complexity index is 609. The van der Waals surface area contributed by atoms with Gasteiger partial charge in [-0.15, -0.1) is 0 Å². The summed E-state index contributed by atoms with van der Waals surface area (Å²) in [6.45, 7) is 10.1. The summed E-state index contributed by atoms with van der Waals surface area (Å²) in [6.07, 6.45) is 0.170. The highest BCUT2D eigenvalue weighted by molar-refractivity contribution is 5.56. The first-order valence-corrected chi connectivity index (χ1v) is 7.58. The topological polar surface area (TPSA) is 59.1 Å². The van der Waals surface area contributed by atoms with Gasteiger partial charge in [0.15, 0.2) is 0 Å². The SMILES string of the molecule is Cc1cc(NC(C)C)nc(Nc2ccc(OC(C)C)cc2)n1. The van der Waals surface area contributed by atoms with Gasteiger partial charge < -0.3 is 15.4 Å². The van der Waals surface area contributed by atoms with Crippen LogP contribution < -0.4 is 15.4 Å². The number of anilines is 3. The molecule has 0 aliphatic rings. The van der Waals surface area contributed by atoms with E-state index in [0.717, 1.165) is 22.9 Å². The van der Waals surface area contributed by atoms with Crippen molar-refractivity contribution in [3.05, 3.63) is 36.0 Å². The molecule has 1 aromatic carbocycles. The zero-order valence-corrected chi connectivity index (χ0v) is 13.8. The predicted octanol–water partition coefficient (Wildman–Crippen LogP) is 4.14. The lowest BCUT2D eigenvalue weighted by Gasteiger charge is -2.13. The number of aryl methyl sites for hydroxylation is 1. The van der Waals surface area contributed by atoms with Crippen molar-refractivity contribution in [1.29, 1.82) is 0 Å². The molecule has 0 spiro atoms. The first kappa shape index (κ1) is 16.1. The van der Waals surface area contributed by atoms with Crippen LogP contribution in [0.4, 0.5) is 17.5 Å². The van der Waals surface area contributed by atoms with Crippen LogP contribution in [0.2, 0.25) is 0 Å². The van der Waals surface area contributed by atoms with Crippen LogP contribution in [0.1, 0.15) is 33.4 Å². The van der Waals surface area contributed by atoms with Crippen molar-refractivity contribution >= 4 is 17.5 Å². The highest BCUT2D eigenvalue weighted by Crippen LogP contribution is 2.20. The van der Waals surface area contributed by atoms with Crippen LogP contribution in [0, 0.1) is 6.92 Å². The second kappa shape index (κ2) is 7.11. The fraction of sp³-hybridized carbons (Fsp3) is 0.412. The van der Waals surface area contributed by atoms with Gasteiger partial charge in [-0.1, -0.05) is 0 Å². The fourth-order valence-electron chi connectivity index (χ4n) is 2.01. The molecule has 2 rings (SSSR count). The Morgan fingerprint density at radius 2 is 1.68 bits per heavy atom. The molecule has 0 unspecified atom stereocenters. The van der Waals surface area contributed by atoms with E-state index < -0.39 is 0 Å². The van der Waals surface area contributed by atoms with E-state index in [1.165, 1.54) is 0 Å². The van der Waals surface area contributed by atoms with Gasteiger partial charge in [0, 0.05) is 23.5 Å². The maximum Gasteiger partial charge on any atom is 0.229 e. The van der Waals surface area contributed by atoms with Crippen LogP contribution in [-0.4, -0.2) is 22.1 Å². The summed E-state index contributed by atoms with van der Waals surface area (Å²) in [5.41, 5.74) is 1.85. The first-order chi connectivity index (χ1) is 10.4. The minimum absolute atomic E-state index is 0.170. The normalized spacial score (nSPS) is 10.9. The van der Waals surface area contributed by atoms with E-state index in [-0.39, 0.29) is 6.10 Å². The number of ether oxygens (including phenoxy) is 1. The summed E-state index contributed by atoms with van der Waals surface area (Å²) in [7, 11) is 0. The number of benzene rings is 1. The van der Waals surface area contributed by atoms with Gasteiger partial charge in [-0.05, 0) is 58.9 Å². The molecule has 1 aromatic heterocycles. The average molecular weight is 300 g/mol. The Kier molecular flexibility index (Phi) is 5.20. The van der Waals surface area contributed by atoms with E-state index >= 15 is 0 Å². The number of nitrogens with one attached hydrogen (secondary N) is 2. The van der Waals surface area contributed by atoms with E-state index in [1.54, 1.807) is 0 Å². The molecule has 5 heteroatoms. The molecule has 5 nitrogen and oxygen atoms in total. The van der Waals surface area contributed by atoms with Crippen molar-refractivity contribution in [1.82, 2.24) is 9.97 Å².